The minimum Gasteiger partial charge on any atom is -0.341 e. The van der Waals surface area contributed by atoms with Crippen LogP contribution in [0.1, 0.15) is 51.2 Å². The number of nitrogens with zero attached hydrogens (tertiary/aromatic N) is 1. The third-order valence-electron chi connectivity index (χ3n) is 5.40. The van der Waals surface area contributed by atoms with Crippen molar-refractivity contribution in [2.45, 2.75) is 65.6 Å². The summed E-state index contributed by atoms with van der Waals surface area (Å²) in [5, 5.41) is 5.76. The molecule has 1 aliphatic heterocycles. The summed E-state index contributed by atoms with van der Waals surface area (Å²) in [4.78, 5) is 27.4. The molecule has 1 saturated heterocycles. The highest BCUT2D eigenvalue weighted by Gasteiger charge is 2.31. The molecule has 28 heavy (non-hydrogen) atoms. The molecular formula is C22H36N4O2. The summed E-state index contributed by atoms with van der Waals surface area (Å²) in [7, 11) is 0. The normalized spacial score (nSPS) is 19.2. The largest absolute Gasteiger partial charge is 0.341 e. The fourth-order valence-electron chi connectivity index (χ4n) is 3.65. The first-order valence-electron chi connectivity index (χ1n) is 10.4. The summed E-state index contributed by atoms with van der Waals surface area (Å²) >= 11 is 0. The van der Waals surface area contributed by atoms with Gasteiger partial charge in [-0.15, -0.1) is 0 Å². The summed E-state index contributed by atoms with van der Waals surface area (Å²) in [6.45, 7) is 10.0. The van der Waals surface area contributed by atoms with Gasteiger partial charge in [-0.05, 0) is 50.5 Å². The predicted octanol–water partition coefficient (Wildman–Crippen LogP) is 2.79. The molecule has 1 aliphatic rings. The summed E-state index contributed by atoms with van der Waals surface area (Å²) in [5.41, 5.74) is 8.27. The zero-order valence-corrected chi connectivity index (χ0v) is 17.7. The number of benzene rings is 1. The Hall–Kier alpha value is -2.08. The van der Waals surface area contributed by atoms with Gasteiger partial charge in [0.25, 0.3) is 0 Å². The van der Waals surface area contributed by atoms with E-state index in [1.807, 2.05) is 43.0 Å². The van der Waals surface area contributed by atoms with Crippen molar-refractivity contribution < 1.29 is 9.59 Å². The van der Waals surface area contributed by atoms with Crippen LogP contribution in [-0.2, 0) is 11.3 Å². The second-order valence-corrected chi connectivity index (χ2v) is 8.54. The van der Waals surface area contributed by atoms with E-state index in [1.165, 1.54) is 5.56 Å². The van der Waals surface area contributed by atoms with Gasteiger partial charge in [0, 0.05) is 25.7 Å². The minimum atomic E-state index is -0.509. The number of nitrogens with two attached hydrogens (primary N) is 1. The van der Waals surface area contributed by atoms with Crippen molar-refractivity contribution >= 4 is 11.9 Å². The number of aryl methyl sites for hydroxylation is 1. The van der Waals surface area contributed by atoms with Crippen LogP contribution >= 0.6 is 0 Å². The number of carbonyl (C=O) groups excluding carboxylic acids is 2. The van der Waals surface area contributed by atoms with Crippen LogP contribution in [0.15, 0.2) is 24.3 Å². The van der Waals surface area contributed by atoms with Crippen LogP contribution < -0.4 is 16.4 Å². The van der Waals surface area contributed by atoms with Gasteiger partial charge in [0.2, 0.25) is 5.91 Å². The third kappa shape index (κ3) is 6.82. The Balaban J connectivity index is 1.94. The lowest BCUT2D eigenvalue weighted by Crippen LogP contribution is -2.54. The second-order valence-electron chi connectivity index (χ2n) is 8.54. The lowest BCUT2D eigenvalue weighted by Gasteiger charge is -2.37. The standard InChI is InChI=1S/C22H36N4O2/c1-15(2)12-20(21(27)26-11-5-6-19(14-26)17(4)23)25-22(28)24-13-18-9-7-16(3)8-10-18/h7-10,15,17,19-20H,5-6,11-14,23H2,1-4H3,(H2,24,25,28). The third-order valence-corrected chi connectivity index (χ3v) is 5.40. The summed E-state index contributed by atoms with van der Waals surface area (Å²) in [6, 6.07) is 7.29. The fourth-order valence-corrected chi connectivity index (χ4v) is 3.65. The maximum atomic E-state index is 13.1. The van der Waals surface area contributed by atoms with Crippen LogP contribution in [0.3, 0.4) is 0 Å². The molecule has 1 fully saturated rings. The van der Waals surface area contributed by atoms with Crippen molar-refractivity contribution in [2.75, 3.05) is 13.1 Å². The minimum absolute atomic E-state index is 0.00420. The Bertz CT molecular complexity index is 642. The molecule has 3 unspecified atom stereocenters. The molecule has 0 aliphatic carbocycles. The molecule has 0 saturated carbocycles. The number of amides is 3. The molecule has 4 N–H and O–H groups in total. The van der Waals surface area contributed by atoms with Crippen LogP contribution in [0, 0.1) is 18.8 Å². The Kier molecular flexibility index (Phi) is 8.30. The van der Waals surface area contributed by atoms with Crippen molar-refractivity contribution in [3.8, 4) is 0 Å². The van der Waals surface area contributed by atoms with Crippen molar-refractivity contribution in [2.24, 2.45) is 17.6 Å². The highest BCUT2D eigenvalue weighted by molar-refractivity contribution is 5.87. The second kappa shape index (κ2) is 10.5. The number of piperidine rings is 1. The number of carbonyl (C=O) groups is 2. The van der Waals surface area contributed by atoms with Crippen molar-refractivity contribution in [1.29, 1.82) is 0 Å². The molecule has 3 amide bonds. The van der Waals surface area contributed by atoms with E-state index in [0.717, 1.165) is 24.9 Å². The van der Waals surface area contributed by atoms with Crippen molar-refractivity contribution in [3.05, 3.63) is 35.4 Å². The Morgan fingerprint density at radius 1 is 1.21 bits per heavy atom. The number of nitrogens with one attached hydrogen (secondary N) is 2. The average molecular weight is 389 g/mol. The van der Waals surface area contributed by atoms with Crippen LogP contribution in [0.25, 0.3) is 0 Å². The van der Waals surface area contributed by atoms with Gasteiger partial charge in [0.05, 0.1) is 0 Å². The smallest absolute Gasteiger partial charge is 0.315 e. The average Bonchev–Trinajstić information content (AvgIpc) is 2.66. The number of rotatable bonds is 7. The molecule has 3 atom stereocenters. The van der Waals surface area contributed by atoms with Gasteiger partial charge in [-0.3, -0.25) is 4.79 Å². The first-order valence-corrected chi connectivity index (χ1v) is 10.4. The lowest BCUT2D eigenvalue weighted by atomic mass is 9.91. The predicted molar refractivity (Wildman–Crippen MR) is 113 cm³/mol. The molecule has 1 aromatic carbocycles. The van der Waals surface area contributed by atoms with E-state index in [1.54, 1.807) is 0 Å². The Morgan fingerprint density at radius 2 is 1.89 bits per heavy atom. The Labute approximate surface area is 169 Å². The molecule has 0 bridgehead atoms. The summed E-state index contributed by atoms with van der Waals surface area (Å²) in [6.07, 6.45) is 2.64. The highest BCUT2D eigenvalue weighted by atomic mass is 16.2. The van der Waals surface area contributed by atoms with E-state index < -0.39 is 6.04 Å². The van der Waals surface area contributed by atoms with Crippen LogP contribution in [-0.4, -0.2) is 42.0 Å². The SMILES string of the molecule is Cc1ccc(CNC(=O)NC(CC(C)C)C(=O)N2CCCC(C(C)N)C2)cc1. The maximum Gasteiger partial charge on any atom is 0.315 e. The van der Waals surface area contributed by atoms with Gasteiger partial charge in [0.1, 0.15) is 6.04 Å². The van der Waals surface area contributed by atoms with E-state index in [0.29, 0.717) is 31.3 Å². The maximum absolute atomic E-state index is 13.1. The van der Waals surface area contributed by atoms with Gasteiger partial charge in [-0.25, -0.2) is 4.79 Å². The van der Waals surface area contributed by atoms with E-state index in [4.69, 9.17) is 5.73 Å². The quantitative estimate of drug-likeness (QED) is 0.671. The van der Waals surface area contributed by atoms with E-state index >= 15 is 0 Å². The molecule has 0 radical (unpaired) electrons. The van der Waals surface area contributed by atoms with Crippen LogP contribution in [0.4, 0.5) is 4.79 Å². The molecular weight excluding hydrogens is 352 g/mol. The molecule has 1 aromatic rings. The zero-order valence-electron chi connectivity index (χ0n) is 17.7. The fraction of sp³-hybridized carbons (Fsp3) is 0.636. The topological polar surface area (TPSA) is 87.5 Å². The number of likely N-dealkylation sites (tertiary alicyclic amines) is 1. The van der Waals surface area contributed by atoms with Crippen molar-refractivity contribution in [1.82, 2.24) is 15.5 Å². The lowest BCUT2D eigenvalue weighted by molar-refractivity contribution is -0.135. The number of urea groups is 1. The number of hydrogen-bond acceptors (Lipinski definition) is 3. The number of hydrogen-bond donors (Lipinski definition) is 3. The summed E-state index contributed by atoms with van der Waals surface area (Å²) in [5.74, 6) is 0.637. The molecule has 0 aromatic heterocycles. The molecule has 0 spiro atoms. The van der Waals surface area contributed by atoms with E-state index in [2.05, 4.69) is 24.5 Å². The molecule has 6 heteroatoms. The van der Waals surface area contributed by atoms with Crippen LogP contribution in [0.5, 0.6) is 0 Å². The van der Waals surface area contributed by atoms with Gasteiger partial charge >= 0.3 is 6.03 Å². The van der Waals surface area contributed by atoms with Gasteiger partial charge in [0.15, 0.2) is 0 Å². The summed E-state index contributed by atoms with van der Waals surface area (Å²) < 4.78 is 0. The highest BCUT2D eigenvalue weighted by Crippen LogP contribution is 2.20. The Morgan fingerprint density at radius 3 is 2.50 bits per heavy atom. The molecule has 1 heterocycles. The molecule has 156 valence electrons. The van der Waals surface area contributed by atoms with E-state index in [-0.39, 0.29) is 18.0 Å². The first-order chi connectivity index (χ1) is 13.3. The van der Waals surface area contributed by atoms with Gasteiger partial charge in [-0.2, -0.15) is 0 Å². The molecule has 2 rings (SSSR count). The zero-order chi connectivity index (χ0) is 20.7. The van der Waals surface area contributed by atoms with Gasteiger partial charge < -0.3 is 21.3 Å². The van der Waals surface area contributed by atoms with Crippen molar-refractivity contribution in [3.63, 3.8) is 0 Å². The monoisotopic (exact) mass is 388 g/mol. The van der Waals surface area contributed by atoms with Crippen LogP contribution in [0.2, 0.25) is 0 Å². The first kappa shape index (κ1) is 22.2. The van der Waals surface area contributed by atoms with E-state index in [9.17, 15) is 9.59 Å². The van der Waals surface area contributed by atoms with Gasteiger partial charge in [-0.1, -0.05) is 43.7 Å². The molecule has 6 nitrogen and oxygen atoms in total.